The van der Waals surface area contributed by atoms with Gasteiger partial charge in [-0.2, -0.15) is 0 Å². The van der Waals surface area contributed by atoms with Crippen molar-refractivity contribution < 1.29 is 8.63 Å². The molecule has 4 nitrogen and oxygen atoms in total. The van der Waals surface area contributed by atoms with Gasteiger partial charge in [0, 0.05) is 23.0 Å². The molecular weight excluding hydrogens is 248 g/mol. The fourth-order valence-corrected chi connectivity index (χ4v) is 2.88. The minimum atomic E-state index is -0.932. The van der Waals surface area contributed by atoms with Crippen LogP contribution in [0.25, 0.3) is 0 Å². The van der Waals surface area contributed by atoms with Gasteiger partial charge in [-0.05, 0) is 25.2 Å². The lowest BCUT2D eigenvalue weighted by Crippen LogP contribution is -2.09. The molecule has 0 aliphatic rings. The highest BCUT2D eigenvalue weighted by atomic mass is 32.2. The molecule has 0 saturated carbocycles. The lowest BCUT2D eigenvalue weighted by atomic mass is 10.1. The van der Waals surface area contributed by atoms with Gasteiger partial charge < -0.3 is 4.42 Å². The van der Waals surface area contributed by atoms with E-state index >= 15 is 0 Å². The van der Waals surface area contributed by atoms with Crippen LogP contribution in [0.15, 0.2) is 4.42 Å². The third-order valence-electron chi connectivity index (χ3n) is 2.70. The fourth-order valence-electron chi connectivity index (χ4n) is 1.50. The van der Waals surface area contributed by atoms with Crippen LogP contribution in [0.1, 0.15) is 58.1 Å². The van der Waals surface area contributed by atoms with Gasteiger partial charge in [-0.1, -0.05) is 27.7 Å². The Hall–Kier alpha value is -0.710. The average Bonchev–Trinajstić information content (AvgIpc) is 2.72. The highest BCUT2D eigenvalue weighted by Crippen LogP contribution is 2.20. The van der Waals surface area contributed by atoms with Crippen LogP contribution >= 0.6 is 0 Å². The van der Waals surface area contributed by atoms with Crippen LogP contribution in [0, 0.1) is 11.8 Å². The first-order chi connectivity index (χ1) is 8.40. The largest absolute Gasteiger partial charge is 0.424 e. The molecule has 0 aliphatic heterocycles. The predicted octanol–water partition coefficient (Wildman–Crippen LogP) is 3.12. The van der Waals surface area contributed by atoms with Crippen molar-refractivity contribution in [3.8, 4) is 0 Å². The summed E-state index contributed by atoms with van der Waals surface area (Å²) in [4.78, 5) is 0. The van der Waals surface area contributed by atoms with Gasteiger partial charge in [0.25, 0.3) is 0 Å². The molecule has 0 unspecified atom stereocenters. The molecule has 0 bridgehead atoms. The molecule has 0 saturated heterocycles. The minimum Gasteiger partial charge on any atom is -0.424 e. The summed E-state index contributed by atoms with van der Waals surface area (Å²) < 4.78 is 17.6. The van der Waals surface area contributed by atoms with Gasteiger partial charge in [-0.3, -0.25) is 4.21 Å². The maximum atomic E-state index is 12.1. The molecule has 0 fully saturated rings. The van der Waals surface area contributed by atoms with Gasteiger partial charge in [0.1, 0.15) is 5.25 Å². The molecule has 5 heteroatoms. The zero-order valence-electron chi connectivity index (χ0n) is 12.0. The van der Waals surface area contributed by atoms with Crippen molar-refractivity contribution in [2.45, 2.75) is 52.7 Å². The predicted molar refractivity (Wildman–Crippen MR) is 73.7 cm³/mol. The van der Waals surface area contributed by atoms with Crippen molar-refractivity contribution in [3.05, 3.63) is 11.8 Å². The highest BCUT2D eigenvalue weighted by molar-refractivity contribution is 7.85. The van der Waals surface area contributed by atoms with Gasteiger partial charge in [-0.15, -0.1) is 10.2 Å². The topological polar surface area (TPSA) is 56.0 Å². The molecule has 18 heavy (non-hydrogen) atoms. The zero-order valence-corrected chi connectivity index (χ0v) is 12.8. The van der Waals surface area contributed by atoms with Gasteiger partial charge in [0.15, 0.2) is 0 Å². The average molecular weight is 272 g/mol. The molecule has 2 atom stereocenters. The van der Waals surface area contributed by atoms with Crippen LogP contribution in [0.4, 0.5) is 0 Å². The van der Waals surface area contributed by atoms with E-state index < -0.39 is 10.8 Å². The van der Waals surface area contributed by atoms with E-state index in [2.05, 4.69) is 37.9 Å². The Morgan fingerprint density at radius 2 is 1.78 bits per heavy atom. The number of rotatable bonds is 7. The van der Waals surface area contributed by atoms with Crippen molar-refractivity contribution in [1.29, 1.82) is 0 Å². The molecular formula is C13H24N2O2S. The first kappa shape index (κ1) is 15.3. The monoisotopic (exact) mass is 272 g/mol. The van der Waals surface area contributed by atoms with Crippen LogP contribution in [-0.2, 0) is 17.2 Å². The lowest BCUT2D eigenvalue weighted by molar-refractivity contribution is 0.425. The van der Waals surface area contributed by atoms with E-state index in [1.165, 1.54) is 0 Å². The summed E-state index contributed by atoms with van der Waals surface area (Å²) in [6.07, 6.45) is 1.74. The smallest absolute Gasteiger partial charge is 0.231 e. The molecule has 0 N–H and O–H groups in total. The number of hydrogen-bond donors (Lipinski definition) is 0. The van der Waals surface area contributed by atoms with Crippen molar-refractivity contribution >= 4 is 10.8 Å². The molecule has 0 aliphatic carbocycles. The van der Waals surface area contributed by atoms with Gasteiger partial charge >= 0.3 is 0 Å². The fraction of sp³-hybridized carbons (Fsp3) is 0.846. The van der Waals surface area contributed by atoms with E-state index in [0.717, 1.165) is 12.8 Å². The third-order valence-corrected chi connectivity index (χ3v) is 4.33. The summed E-state index contributed by atoms with van der Waals surface area (Å²) in [5.74, 6) is 2.90. The molecule has 1 heterocycles. The summed E-state index contributed by atoms with van der Waals surface area (Å²) in [6.45, 7) is 10.4. The van der Waals surface area contributed by atoms with Crippen LogP contribution < -0.4 is 0 Å². The number of nitrogens with zero attached hydrogens (tertiary/aromatic N) is 2. The summed E-state index contributed by atoms with van der Waals surface area (Å²) >= 11 is 0. The summed E-state index contributed by atoms with van der Waals surface area (Å²) in [6, 6.07) is 0. The summed E-state index contributed by atoms with van der Waals surface area (Å²) in [5.41, 5.74) is 0. The number of aromatic nitrogens is 2. The Labute approximate surface area is 112 Å². The Balaban J connectivity index is 2.57. The molecule has 1 rings (SSSR count). The van der Waals surface area contributed by atoms with Gasteiger partial charge in [0.05, 0.1) is 0 Å². The quantitative estimate of drug-likeness (QED) is 0.765. The Kier molecular flexibility index (Phi) is 5.99. The van der Waals surface area contributed by atoms with Crippen LogP contribution in [0.2, 0.25) is 0 Å². The third kappa shape index (κ3) is 4.88. The second-order valence-corrected chi connectivity index (χ2v) is 7.42. The van der Waals surface area contributed by atoms with Crippen molar-refractivity contribution in [2.24, 2.45) is 11.8 Å². The van der Waals surface area contributed by atoms with Crippen LogP contribution in [0.3, 0.4) is 0 Å². The number of hydrogen-bond acceptors (Lipinski definition) is 4. The van der Waals surface area contributed by atoms with Crippen LogP contribution in [-0.4, -0.2) is 20.2 Å². The van der Waals surface area contributed by atoms with E-state index in [1.807, 2.05) is 6.92 Å². The summed E-state index contributed by atoms with van der Waals surface area (Å²) in [7, 11) is -0.932. The first-order valence-electron chi connectivity index (χ1n) is 6.59. The normalized spacial score (nSPS) is 15.3. The SMILES string of the molecule is CC(C)CC[S@@](=O)[C@@H](C)c1nnc(CC(C)C)o1. The van der Waals surface area contributed by atoms with Crippen LogP contribution in [0.5, 0.6) is 0 Å². The minimum absolute atomic E-state index is 0.169. The second-order valence-electron chi connectivity index (χ2n) is 5.54. The first-order valence-corrected chi connectivity index (χ1v) is 7.97. The molecule has 0 radical (unpaired) electrons. The maximum absolute atomic E-state index is 12.1. The zero-order chi connectivity index (χ0) is 13.7. The van der Waals surface area contributed by atoms with Crippen molar-refractivity contribution in [3.63, 3.8) is 0 Å². The maximum Gasteiger partial charge on any atom is 0.231 e. The molecule has 104 valence electrons. The molecule has 0 spiro atoms. The van der Waals surface area contributed by atoms with E-state index in [4.69, 9.17) is 4.42 Å². The van der Waals surface area contributed by atoms with Gasteiger partial charge in [0.2, 0.25) is 11.8 Å². The van der Waals surface area contributed by atoms with E-state index in [1.54, 1.807) is 0 Å². The highest BCUT2D eigenvalue weighted by Gasteiger charge is 2.20. The van der Waals surface area contributed by atoms with Crippen molar-refractivity contribution in [1.82, 2.24) is 10.2 Å². The molecule has 1 aromatic rings. The Bertz CT molecular complexity index is 388. The van der Waals surface area contributed by atoms with Gasteiger partial charge in [-0.25, -0.2) is 0 Å². The van der Waals surface area contributed by atoms with E-state index in [9.17, 15) is 4.21 Å². The van der Waals surface area contributed by atoms with E-state index in [0.29, 0.717) is 29.4 Å². The molecule has 1 aromatic heterocycles. The standard InChI is InChI=1S/C13H24N2O2S/c1-9(2)6-7-18(16)11(5)13-15-14-12(17-13)8-10(3)4/h9-11H,6-8H2,1-5H3/t11-,18+/m0/s1. The Morgan fingerprint density at radius 3 is 2.33 bits per heavy atom. The lowest BCUT2D eigenvalue weighted by Gasteiger charge is -2.08. The Morgan fingerprint density at radius 1 is 1.11 bits per heavy atom. The second kappa shape index (κ2) is 7.02. The molecule has 0 aromatic carbocycles. The van der Waals surface area contributed by atoms with E-state index in [-0.39, 0.29) is 5.25 Å². The summed E-state index contributed by atoms with van der Waals surface area (Å²) in [5, 5.41) is 7.84. The van der Waals surface area contributed by atoms with Crippen molar-refractivity contribution in [2.75, 3.05) is 5.75 Å². The molecule has 0 amide bonds.